The molecule has 5 rings (SSSR count). The van der Waals surface area contributed by atoms with E-state index in [0.29, 0.717) is 43.5 Å². The van der Waals surface area contributed by atoms with Gasteiger partial charge in [0.05, 0.1) is 10.6 Å². The number of anilines is 2. The average Bonchev–Trinajstić information content (AvgIpc) is 3.49. The number of benzene rings is 1. The van der Waals surface area contributed by atoms with Crippen LogP contribution in [0.3, 0.4) is 0 Å². The number of hydrogen-bond acceptors (Lipinski definition) is 8. The Morgan fingerprint density at radius 3 is 2.15 bits per heavy atom. The van der Waals surface area contributed by atoms with Gasteiger partial charge < -0.3 is 4.90 Å². The maximum absolute atomic E-state index is 13.1. The van der Waals surface area contributed by atoms with Gasteiger partial charge in [0.15, 0.2) is 5.82 Å². The highest BCUT2D eigenvalue weighted by Crippen LogP contribution is 2.26. The molecule has 2 saturated heterocycles. The SMILES string of the molecule is O=C1CCC(=O)N1c1ccc(S(=O)(=O)N2CCN(c3cc(-n4cccn4)ncn3)CC2)cc1. The van der Waals surface area contributed by atoms with Crippen molar-refractivity contribution in [3.05, 3.63) is 55.1 Å². The number of carbonyl (C=O) groups is 2. The molecule has 0 bridgehead atoms. The number of imide groups is 1. The standard InChI is InChI=1S/C21H21N7O4S/c29-20-6-7-21(30)28(20)16-2-4-17(5-3-16)33(31,32)26-12-10-25(11-13-26)18-14-19(23-15-22-18)27-9-1-8-24-27/h1-5,8-9,14-15H,6-7,10-13H2. The first-order valence-electron chi connectivity index (χ1n) is 10.5. The van der Waals surface area contributed by atoms with E-state index in [4.69, 9.17) is 0 Å². The smallest absolute Gasteiger partial charge is 0.243 e. The van der Waals surface area contributed by atoms with Crippen LogP contribution in [0.2, 0.25) is 0 Å². The van der Waals surface area contributed by atoms with Crippen LogP contribution in [0.25, 0.3) is 5.82 Å². The summed E-state index contributed by atoms with van der Waals surface area (Å²) in [6.45, 7) is 1.55. The van der Waals surface area contributed by atoms with Gasteiger partial charge >= 0.3 is 0 Å². The van der Waals surface area contributed by atoms with E-state index in [0.717, 1.165) is 4.90 Å². The van der Waals surface area contributed by atoms with Gasteiger partial charge in [-0.2, -0.15) is 9.40 Å². The van der Waals surface area contributed by atoms with E-state index >= 15 is 0 Å². The fourth-order valence-corrected chi connectivity index (χ4v) is 5.40. The van der Waals surface area contributed by atoms with Crippen molar-refractivity contribution in [1.29, 1.82) is 0 Å². The molecule has 1 aromatic carbocycles. The molecule has 170 valence electrons. The van der Waals surface area contributed by atoms with Crippen molar-refractivity contribution in [1.82, 2.24) is 24.1 Å². The summed E-state index contributed by atoms with van der Waals surface area (Å²) in [5.41, 5.74) is 0.392. The summed E-state index contributed by atoms with van der Waals surface area (Å²) in [6.07, 6.45) is 5.28. The lowest BCUT2D eigenvalue weighted by molar-refractivity contribution is -0.121. The number of sulfonamides is 1. The second-order valence-corrected chi connectivity index (χ2v) is 9.63. The molecule has 2 aliphatic rings. The Kier molecular flexibility index (Phi) is 5.38. The van der Waals surface area contributed by atoms with Crippen LogP contribution in [0.1, 0.15) is 12.8 Å². The Morgan fingerprint density at radius 2 is 1.52 bits per heavy atom. The normalized spacial score (nSPS) is 17.7. The van der Waals surface area contributed by atoms with Crippen LogP contribution in [-0.4, -0.2) is 70.5 Å². The Labute approximate surface area is 190 Å². The molecule has 2 amide bonds. The lowest BCUT2D eigenvalue weighted by atomic mass is 10.3. The van der Waals surface area contributed by atoms with Gasteiger partial charge in [-0.25, -0.2) is 23.1 Å². The molecule has 0 unspecified atom stereocenters. The van der Waals surface area contributed by atoms with Crippen LogP contribution in [0.15, 0.2) is 60.0 Å². The fourth-order valence-electron chi connectivity index (χ4n) is 3.98. The van der Waals surface area contributed by atoms with Gasteiger partial charge in [0.25, 0.3) is 0 Å². The molecule has 3 aromatic rings. The van der Waals surface area contributed by atoms with Crippen LogP contribution >= 0.6 is 0 Å². The van der Waals surface area contributed by atoms with Crippen LogP contribution < -0.4 is 9.80 Å². The van der Waals surface area contributed by atoms with E-state index in [-0.39, 0.29) is 29.6 Å². The maximum atomic E-state index is 13.1. The second kappa shape index (κ2) is 8.37. The highest BCUT2D eigenvalue weighted by Gasteiger charge is 2.32. The van der Waals surface area contributed by atoms with Gasteiger partial charge in [0.1, 0.15) is 12.1 Å². The van der Waals surface area contributed by atoms with E-state index in [1.165, 1.54) is 34.9 Å². The molecule has 11 nitrogen and oxygen atoms in total. The average molecular weight is 468 g/mol. The summed E-state index contributed by atoms with van der Waals surface area (Å²) >= 11 is 0. The third kappa shape index (κ3) is 3.98. The summed E-state index contributed by atoms with van der Waals surface area (Å²) in [5, 5.41) is 4.17. The quantitative estimate of drug-likeness (QED) is 0.506. The predicted octanol–water partition coefficient (Wildman–Crippen LogP) is 0.827. The molecular formula is C21H21N7O4S. The van der Waals surface area contributed by atoms with Crippen LogP contribution in [0.4, 0.5) is 11.5 Å². The molecule has 12 heteroatoms. The first-order chi connectivity index (χ1) is 15.9. The lowest BCUT2D eigenvalue weighted by Crippen LogP contribution is -2.49. The fraction of sp³-hybridized carbons (Fsp3) is 0.286. The number of piperazine rings is 1. The summed E-state index contributed by atoms with van der Waals surface area (Å²) in [5.74, 6) is 0.797. The van der Waals surface area contributed by atoms with E-state index in [1.54, 1.807) is 23.1 Å². The van der Waals surface area contributed by atoms with Gasteiger partial charge in [0, 0.05) is 57.5 Å². The van der Waals surface area contributed by atoms with Gasteiger partial charge in [-0.05, 0) is 30.3 Å². The van der Waals surface area contributed by atoms with Crippen LogP contribution in [0, 0.1) is 0 Å². The molecule has 0 aliphatic carbocycles. The number of amides is 2. The summed E-state index contributed by atoms with van der Waals surface area (Å²) < 4.78 is 29.3. The first kappa shape index (κ1) is 21.2. The number of hydrogen-bond donors (Lipinski definition) is 0. The minimum absolute atomic E-state index is 0.127. The minimum atomic E-state index is -3.71. The van der Waals surface area contributed by atoms with Crippen LogP contribution in [0.5, 0.6) is 0 Å². The van der Waals surface area contributed by atoms with Crippen molar-refractivity contribution in [3.8, 4) is 5.82 Å². The zero-order chi connectivity index (χ0) is 23.0. The summed E-state index contributed by atoms with van der Waals surface area (Å²) in [7, 11) is -3.71. The van der Waals surface area contributed by atoms with E-state index in [9.17, 15) is 18.0 Å². The van der Waals surface area contributed by atoms with Crippen molar-refractivity contribution >= 4 is 33.3 Å². The molecule has 2 aromatic heterocycles. The number of carbonyl (C=O) groups excluding carboxylic acids is 2. The van der Waals surface area contributed by atoms with Crippen molar-refractivity contribution in [2.45, 2.75) is 17.7 Å². The molecule has 2 fully saturated rings. The zero-order valence-corrected chi connectivity index (χ0v) is 18.4. The van der Waals surface area contributed by atoms with Gasteiger partial charge in [-0.3, -0.25) is 14.5 Å². The molecular weight excluding hydrogens is 446 g/mol. The Balaban J connectivity index is 1.27. The van der Waals surface area contributed by atoms with Crippen molar-refractivity contribution < 1.29 is 18.0 Å². The van der Waals surface area contributed by atoms with Gasteiger partial charge in [-0.15, -0.1) is 0 Å². The number of aromatic nitrogens is 4. The van der Waals surface area contributed by atoms with Crippen LogP contribution in [-0.2, 0) is 19.6 Å². The van der Waals surface area contributed by atoms with Gasteiger partial charge in [-0.1, -0.05) is 0 Å². The number of nitrogens with zero attached hydrogens (tertiary/aromatic N) is 7. The number of rotatable bonds is 5. The Bertz CT molecular complexity index is 1270. The predicted molar refractivity (Wildman–Crippen MR) is 118 cm³/mol. The zero-order valence-electron chi connectivity index (χ0n) is 17.6. The molecule has 2 aliphatic heterocycles. The molecule has 0 N–H and O–H groups in total. The largest absolute Gasteiger partial charge is 0.354 e. The topological polar surface area (TPSA) is 122 Å². The highest BCUT2D eigenvalue weighted by molar-refractivity contribution is 7.89. The van der Waals surface area contributed by atoms with Crippen molar-refractivity contribution in [2.24, 2.45) is 0 Å². The summed E-state index contributed by atoms with van der Waals surface area (Å²) in [6, 6.07) is 9.51. The Hall–Kier alpha value is -3.64. The molecule has 0 atom stereocenters. The van der Waals surface area contributed by atoms with E-state index in [1.807, 2.05) is 11.0 Å². The van der Waals surface area contributed by atoms with E-state index < -0.39 is 10.0 Å². The maximum Gasteiger partial charge on any atom is 0.243 e. The van der Waals surface area contributed by atoms with E-state index in [2.05, 4.69) is 15.1 Å². The summed E-state index contributed by atoms with van der Waals surface area (Å²) in [4.78, 5) is 35.6. The van der Waals surface area contributed by atoms with Crippen molar-refractivity contribution in [3.63, 3.8) is 0 Å². The minimum Gasteiger partial charge on any atom is -0.354 e. The molecule has 0 saturated carbocycles. The molecule has 0 spiro atoms. The monoisotopic (exact) mass is 467 g/mol. The van der Waals surface area contributed by atoms with Gasteiger partial charge in [0.2, 0.25) is 21.8 Å². The van der Waals surface area contributed by atoms with Crippen molar-refractivity contribution in [2.75, 3.05) is 36.0 Å². The molecule has 33 heavy (non-hydrogen) atoms. The second-order valence-electron chi connectivity index (χ2n) is 7.69. The third-order valence-corrected chi connectivity index (χ3v) is 7.64. The Morgan fingerprint density at radius 1 is 0.848 bits per heavy atom. The molecule has 0 radical (unpaired) electrons. The highest BCUT2D eigenvalue weighted by atomic mass is 32.2. The lowest BCUT2D eigenvalue weighted by Gasteiger charge is -2.34. The first-order valence-corrected chi connectivity index (χ1v) is 11.9. The third-order valence-electron chi connectivity index (χ3n) is 5.72. The molecule has 4 heterocycles.